The normalized spacial score (nSPS) is 12.5. The average Bonchev–Trinajstić information content (AvgIpc) is 3.11. The predicted molar refractivity (Wildman–Crippen MR) is 100 cm³/mol. The van der Waals surface area contributed by atoms with Crippen molar-refractivity contribution >= 4 is 21.6 Å². The molecule has 0 saturated carbocycles. The van der Waals surface area contributed by atoms with E-state index >= 15 is 0 Å². The number of ether oxygens (including phenoxy) is 3. The summed E-state index contributed by atoms with van der Waals surface area (Å²) in [6.07, 6.45) is 1.12. The fourth-order valence-electron chi connectivity index (χ4n) is 2.66. The number of hydrogen-bond acceptors (Lipinski definition) is 6. The van der Waals surface area contributed by atoms with Gasteiger partial charge in [0.05, 0.1) is 25.6 Å². The first kappa shape index (κ1) is 18.8. The highest BCUT2D eigenvalue weighted by Gasteiger charge is 2.19. The fraction of sp³-hybridized carbons (Fsp3) is 0.278. The van der Waals surface area contributed by atoms with E-state index in [2.05, 4.69) is 5.32 Å². The maximum Gasteiger partial charge on any atom is 0.251 e. The highest BCUT2D eigenvalue weighted by atomic mass is 32.2. The summed E-state index contributed by atoms with van der Waals surface area (Å²) in [5.74, 6) is 1.32. The molecular formula is C18H20N2O6S. The van der Waals surface area contributed by atoms with Crippen LogP contribution in [0.25, 0.3) is 0 Å². The van der Waals surface area contributed by atoms with Gasteiger partial charge in [0.25, 0.3) is 5.91 Å². The van der Waals surface area contributed by atoms with E-state index in [1.165, 1.54) is 11.4 Å². The number of amides is 1. The first-order valence-corrected chi connectivity index (χ1v) is 10.0. The highest BCUT2D eigenvalue weighted by molar-refractivity contribution is 7.92. The Morgan fingerprint density at radius 2 is 1.96 bits per heavy atom. The molecule has 0 saturated heterocycles. The first-order valence-electron chi connectivity index (χ1n) is 8.18. The topological polar surface area (TPSA) is 94.2 Å². The van der Waals surface area contributed by atoms with Crippen LogP contribution in [-0.4, -0.2) is 47.6 Å². The van der Waals surface area contributed by atoms with Crippen molar-refractivity contribution in [3.05, 3.63) is 48.0 Å². The molecule has 0 bridgehead atoms. The van der Waals surface area contributed by atoms with Crippen molar-refractivity contribution in [3.8, 4) is 17.2 Å². The van der Waals surface area contributed by atoms with Gasteiger partial charge in [-0.3, -0.25) is 9.10 Å². The van der Waals surface area contributed by atoms with Crippen LogP contribution in [0.5, 0.6) is 17.2 Å². The molecule has 0 spiro atoms. The molecule has 1 N–H and O–H groups in total. The minimum Gasteiger partial charge on any atom is -0.497 e. The van der Waals surface area contributed by atoms with E-state index in [4.69, 9.17) is 14.2 Å². The van der Waals surface area contributed by atoms with Gasteiger partial charge in [-0.1, -0.05) is 6.07 Å². The van der Waals surface area contributed by atoms with Crippen LogP contribution in [0.15, 0.2) is 42.5 Å². The number of hydrogen-bond donors (Lipinski definition) is 1. The molecule has 1 amide bonds. The van der Waals surface area contributed by atoms with Crippen molar-refractivity contribution < 1.29 is 27.4 Å². The van der Waals surface area contributed by atoms with Crippen LogP contribution < -0.4 is 23.8 Å². The zero-order valence-electron chi connectivity index (χ0n) is 15.0. The molecule has 144 valence electrons. The summed E-state index contributed by atoms with van der Waals surface area (Å²) in [7, 11) is -2.01. The summed E-state index contributed by atoms with van der Waals surface area (Å²) in [6.45, 7) is 0.351. The van der Waals surface area contributed by atoms with Gasteiger partial charge in [-0.25, -0.2) is 8.42 Å². The van der Waals surface area contributed by atoms with Crippen molar-refractivity contribution in [2.75, 3.05) is 37.6 Å². The molecule has 0 aliphatic carbocycles. The van der Waals surface area contributed by atoms with Gasteiger partial charge >= 0.3 is 0 Å². The average molecular weight is 392 g/mol. The lowest BCUT2D eigenvalue weighted by Crippen LogP contribution is -2.38. The molecule has 9 heteroatoms. The Hall–Kier alpha value is -2.94. The third kappa shape index (κ3) is 4.43. The lowest BCUT2D eigenvalue weighted by atomic mass is 10.2. The van der Waals surface area contributed by atoms with Crippen LogP contribution in [0.2, 0.25) is 0 Å². The molecule has 1 aliphatic rings. The second-order valence-corrected chi connectivity index (χ2v) is 7.77. The minimum atomic E-state index is -3.52. The van der Waals surface area contributed by atoms with E-state index < -0.39 is 10.0 Å². The van der Waals surface area contributed by atoms with Crippen LogP contribution in [0, 0.1) is 0 Å². The van der Waals surface area contributed by atoms with E-state index in [1.807, 2.05) is 0 Å². The molecule has 2 aromatic rings. The summed E-state index contributed by atoms with van der Waals surface area (Å²) in [5.41, 5.74) is 0.876. The standard InChI is InChI=1S/C18H20N2O6S/c1-24-15-5-3-4-14(11-15)20(27(2,22)23)9-8-19-18(21)13-6-7-16-17(10-13)26-12-25-16/h3-7,10-11H,8-9,12H2,1-2H3,(H,19,21). The molecule has 0 fully saturated rings. The van der Waals surface area contributed by atoms with Crippen molar-refractivity contribution in [3.63, 3.8) is 0 Å². The Balaban J connectivity index is 1.66. The Bertz CT molecular complexity index is 945. The number of fused-ring (bicyclic) bond motifs is 1. The Kier molecular flexibility index (Phi) is 5.41. The van der Waals surface area contributed by atoms with Crippen LogP contribution in [0.3, 0.4) is 0 Å². The smallest absolute Gasteiger partial charge is 0.251 e. The molecule has 1 heterocycles. The SMILES string of the molecule is COc1cccc(N(CCNC(=O)c2ccc3c(c2)OCO3)S(C)(=O)=O)c1. The molecule has 0 radical (unpaired) electrons. The van der Waals surface area contributed by atoms with Gasteiger partial charge in [0.15, 0.2) is 11.5 Å². The number of methoxy groups -OCH3 is 1. The summed E-state index contributed by atoms with van der Waals surface area (Å²) < 4.78 is 41.1. The van der Waals surface area contributed by atoms with Gasteiger partial charge in [-0.05, 0) is 30.3 Å². The summed E-state index contributed by atoms with van der Waals surface area (Å²) in [4.78, 5) is 12.3. The molecule has 0 unspecified atom stereocenters. The molecule has 0 atom stereocenters. The molecule has 0 aromatic heterocycles. The summed E-state index contributed by atoms with van der Waals surface area (Å²) in [6, 6.07) is 11.6. The molecule has 3 rings (SSSR count). The molecule has 27 heavy (non-hydrogen) atoms. The zero-order chi connectivity index (χ0) is 19.4. The Morgan fingerprint density at radius 1 is 1.19 bits per heavy atom. The number of carbonyl (C=O) groups excluding carboxylic acids is 1. The zero-order valence-corrected chi connectivity index (χ0v) is 15.8. The van der Waals surface area contributed by atoms with Gasteiger partial charge in [-0.15, -0.1) is 0 Å². The summed E-state index contributed by atoms with van der Waals surface area (Å²) >= 11 is 0. The molecule has 8 nitrogen and oxygen atoms in total. The van der Waals surface area contributed by atoms with E-state index in [0.717, 1.165) is 6.26 Å². The maximum atomic E-state index is 12.3. The number of nitrogens with one attached hydrogen (secondary N) is 1. The quantitative estimate of drug-likeness (QED) is 0.770. The van der Waals surface area contributed by atoms with E-state index in [1.54, 1.807) is 42.5 Å². The van der Waals surface area contributed by atoms with Crippen molar-refractivity contribution in [2.24, 2.45) is 0 Å². The summed E-state index contributed by atoms with van der Waals surface area (Å²) in [5, 5.41) is 2.72. The third-order valence-corrected chi connectivity index (χ3v) is 5.17. The van der Waals surface area contributed by atoms with Gasteiger partial charge in [-0.2, -0.15) is 0 Å². The molecular weight excluding hydrogens is 372 g/mol. The molecule has 2 aromatic carbocycles. The second-order valence-electron chi connectivity index (χ2n) is 5.86. The number of anilines is 1. The van der Waals surface area contributed by atoms with Crippen molar-refractivity contribution in [2.45, 2.75) is 0 Å². The number of sulfonamides is 1. The molecule has 1 aliphatic heterocycles. The second kappa shape index (κ2) is 7.75. The first-order chi connectivity index (χ1) is 12.9. The fourth-order valence-corrected chi connectivity index (χ4v) is 3.58. The van der Waals surface area contributed by atoms with E-state index in [9.17, 15) is 13.2 Å². The van der Waals surface area contributed by atoms with Crippen molar-refractivity contribution in [1.82, 2.24) is 5.32 Å². The highest BCUT2D eigenvalue weighted by Crippen LogP contribution is 2.32. The minimum absolute atomic E-state index is 0.0856. The van der Waals surface area contributed by atoms with Crippen LogP contribution in [-0.2, 0) is 10.0 Å². The lowest BCUT2D eigenvalue weighted by Gasteiger charge is -2.23. The van der Waals surface area contributed by atoms with Gasteiger partial charge < -0.3 is 19.5 Å². The van der Waals surface area contributed by atoms with Gasteiger partial charge in [0.2, 0.25) is 16.8 Å². The Labute approximate surface area is 157 Å². The van der Waals surface area contributed by atoms with E-state index in [0.29, 0.717) is 28.5 Å². The van der Waals surface area contributed by atoms with Crippen molar-refractivity contribution in [1.29, 1.82) is 0 Å². The van der Waals surface area contributed by atoms with Crippen LogP contribution in [0.1, 0.15) is 10.4 Å². The predicted octanol–water partition coefficient (Wildman–Crippen LogP) is 1.62. The van der Waals surface area contributed by atoms with Gasteiger partial charge in [0, 0.05) is 18.2 Å². The number of benzene rings is 2. The maximum absolute atomic E-state index is 12.3. The van der Waals surface area contributed by atoms with E-state index in [-0.39, 0.29) is 25.8 Å². The monoisotopic (exact) mass is 392 g/mol. The number of rotatable bonds is 7. The van der Waals surface area contributed by atoms with Crippen LogP contribution >= 0.6 is 0 Å². The van der Waals surface area contributed by atoms with Crippen LogP contribution in [0.4, 0.5) is 5.69 Å². The number of nitrogens with zero attached hydrogens (tertiary/aromatic N) is 1. The third-order valence-electron chi connectivity index (χ3n) is 3.98. The lowest BCUT2D eigenvalue weighted by molar-refractivity contribution is 0.0954. The number of carbonyl (C=O) groups is 1. The Morgan fingerprint density at radius 3 is 2.70 bits per heavy atom. The largest absolute Gasteiger partial charge is 0.497 e. The van der Waals surface area contributed by atoms with Gasteiger partial charge in [0.1, 0.15) is 5.75 Å².